The second-order valence-electron chi connectivity index (χ2n) is 4.42. The third-order valence-electron chi connectivity index (χ3n) is 3.00. The second kappa shape index (κ2) is 5.18. The molecular weight excluding hydrogens is 232 g/mol. The van der Waals surface area contributed by atoms with Crippen LogP contribution in [0.4, 0.5) is 11.6 Å². The van der Waals surface area contributed by atoms with Gasteiger partial charge in [-0.3, -0.25) is 4.79 Å². The molecule has 98 valence electrons. The molecule has 1 fully saturated rings. The Labute approximate surface area is 106 Å². The van der Waals surface area contributed by atoms with Gasteiger partial charge in [-0.15, -0.1) is 0 Å². The van der Waals surface area contributed by atoms with Crippen molar-refractivity contribution in [1.29, 1.82) is 0 Å². The van der Waals surface area contributed by atoms with E-state index in [0.29, 0.717) is 24.6 Å². The summed E-state index contributed by atoms with van der Waals surface area (Å²) in [6.07, 6.45) is 1.35. The zero-order valence-corrected chi connectivity index (χ0v) is 10.6. The van der Waals surface area contributed by atoms with Gasteiger partial charge in [0.1, 0.15) is 17.5 Å². The van der Waals surface area contributed by atoms with Gasteiger partial charge in [-0.2, -0.15) is 0 Å². The van der Waals surface area contributed by atoms with E-state index >= 15 is 0 Å². The average Bonchev–Trinajstić information content (AvgIpc) is 2.36. The predicted octanol–water partition coefficient (Wildman–Crippen LogP) is 0.0695. The maximum Gasteiger partial charge on any atom is 0.220 e. The molecule has 1 aromatic rings. The van der Waals surface area contributed by atoms with Crippen LogP contribution >= 0.6 is 0 Å². The Balaban J connectivity index is 2.13. The summed E-state index contributed by atoms with van der Waals surface area (Å²) in [6.45, 7) is 4.33. The van der Waals surface area contributed by atoms with Crippen molar-refractivity contribution in [3.63, 3.8) is 0 Å². The number of rotatable bonds is 3. The van der Waals surface area contributed by atoms with Gasteiger partial charge in [0.2, 0.25) is 5.91 Å². The quantitative estimate of drug-likeness (QED) is 0.447. The second-order valence-corrected chi connectivity index (χ2v) is 4.42. The Morgan fingerprint density at radius 1 is 1.33 bits per heavy atom. The van der Waals surface area contributed by atoms with Crippen LogP contribution in [0.1, 0.15) is 24.2 Å². The molecule has 0 aromatic carbocycles. The molecule has 18 heavy (non-hydrogen) atoms. The molecule has 0 aliphatic carbocycles. The number of nitrogen functional groups attached to an aromatic ring is 1. The van der Waals surface area contributed by atoms with Gasteiger partial charge >= 0.3 is 0 Å². The highest BCUT2D eigenvalue weighted by atomic mass is 16.1. The van der Waals surface area contributed by atoms with Gasteiger partial charge in [-0.25, -0.2) is 15.8 Å². The van der Waals surface area contributed by atoms with E-state index in [1.54, 1.807) is 0 Å². The van der Waals surface area contributed by atoms with Gasteiger partial charge in [-0.1, -0.05) is 0 Å². The lowest BCUT2D eigenvalue weighted by atomic mass is 10.1. The van der Waals surface area contributed by atoms with Crippen molar-refractivity contribution in [3.05, 3.63) is 11.4 Å². The maximum absolute atomic E-state index is 11.1. The van der Waals surface area contributed by atoms with E-state index in [-0.39, 0.29) is 11.9 Å². The molecule has 1 aliphatic heterocycles. The Hall–Kier alpha value is -1.89. The highest BCUT2D eigenvalue weighted by molar-refractivity contribution is 5.77. The lowest BCUT2D eigenvalue weighted by molar-refractivity contribution is -0.122. The zero-order valence-electron chi connectivity index (χ0n) is 10.6. The van der Waals surface area contributed by atoms with Crippen molar-refractivity contribution < 1.29 is 4.79 Å². The zero-order chi connectivity index (χ0) is 13.1. The fourth-order valence-corrected chi connectivity index (χ4v) is 1.96. The number of piperidine rings is 1. The molecule has 0 bridgehead atoms. The first-order valence-electron chi connectivity index (χ1n) is 5.95. The number of hydrazine groups is 1. The highest BCUT2D eigenvalue weighted by Crippen LogP contribution is 2.20. The molecule has 0 spiro atoms. The van der Waals surface area contributed by atoms with Gasteiger partial charge in [0.05, 0.1) is 0 Å². The molecular formula is C11H18N6O. The minimum absolute atomic E-state index is 0.105. The third-order valence-corrected chi connectivity index (χ3v) is 3.00. The maximum atomic E-state index is 11.1. The summed E-state index contributed by atoms with van der Waals surface area (Å²) in [6, 6.07) is 0.196. The normalized spacial score (nSPS) is 19.3. The van der Waals surface area contributed by atoms with Crippen LogP contribution in [-0.4, -0.2) is 28.5 Å². The van der Waals surface area contributed by atoms with E-state index in [2.05, 4.69) is 26.0 Å². The van der Waals surface area contributed by atoms with Crippen LogP contribution in [-0.2, 0) is 4.79 Å². The van der Waals surface area contributed by atoms with Crippen LogP contribution in [0.25, 0.3) is 0 Å². The lowest BCUT2D eigenvalue weighted by Gasteiger charge is -2.25. The summed E-state index contributed by atoms with van der Waals surface area (Å²) in [5.41, 5.74) is 3.43. The summed E-state index contributed by atoms with van der Waals surface area (Å²) >= 11 is 0. The molecule has 1 aromatic heterocycles. The third kappa shape index (κ3) is 2.67. The number of aromatic nitrogens is 2. The van der Waals surface area contributed by atoms with Gasteiger partial charge in [-0.05, 0) is 20.3 Å². The van der Waals surface area contributed by atoms with Crippen molar-refractivity contribution in [3.8, 4) is 0 Å². The minimum atomic E-state index is 0.105. The molecule has 1 amide bonds. The summed E-state index contributed by atoms with van der Waals surface area (Å²) < 4.78 is 0. The summed E-state index contributed by atoms with van der Waals surface area (Å²) in [7, 11) is 0. The average molecular weight is 250 g/mol. The number of nitrogens with one attached hydrogen (secondary N) is 3. The fourth-order valence-electron chi connectivity index (χ4n) is 1.96. The van der Waals surface area contributed by atoms with E-state index in [1.165, 1.54) is 0 Å². The molecule has 1 unspecified atom stereocenters. The summed E-state index contributed by atoms with van der Waals surface area (Å²) in [4.78, 5) is 19.7. The molecule has 0 saturated carbocycles. The first-order valence-corrected chi connectivity index (χ1v) is 5.95. The molecule has 2 rings (SSSR count). The van der Waals surface area contributed by atoms with Crippen LogP contribution in [0.5, 0.6) is 0 Å². The van der Waals surface area contributed by atoms with Crippen molar-refractivity contribution in [2.75, 3.05) is 17.3 Å². The molecule has 2 heterocycles. The van der Waals surface area contributed by atoms with Crippen LogP contribution in [0, 0.1) is 13.8 Å². The molecule has 5 N–H and O–H groups in total. The van der Waals surface area contributed by atoms with Crippen LogP contribution in [0.2, 0.25) is 0 Å². The van der Waals surface area contributed by atoms with Gasteiger partial charge in [0, 0.05) is 24.6 Å². The van der Waals surface area contributed by atoms with Gasteiger partial charge in [0.25, 0.3) is 0 Å². The number of carbonyl (C=O) groups is 1. The number of carbonyl (C=O) groups excluding carboxylic acids is 1. The monoisotopic (exact) mass is 250 g/mol. The van der Waals surface area contributed by atoms with Crippen molar-refractivity contribution in [2.24, 2.45) is 5.84 Å². The minimum Gasteiger partial charge on any atom is -0.365 e. The van der Waals surface area contributed by atoms with E-state index in [0.717, 1.165) is 17.8 Å². The number of aryl methyl sites for hydroxylation is 1. The Bertz CT molecular complexity index is 451. The summed E-state index contributed by atoms with van der Waals surface area (Å²) in [5.74, 6) is 7.54. The number of anilines is 2. The van der Waals surface area contributed by atoms with Crippen LogP contribution in [0.15, 0.2) is 0 Å². The van der Waals surface area contributed by atoms with Crippen molar-refractivity contribution in [2.45, 2.75) is 32.7 Å². The van der Waals surface area contributed by atoms with Gasteiger partial charge in [0.15, 0.2) is 0 Å². The topological polar surface area (TPSA) is 105 Å². The first-order chi connectivity index (χ1) is 8.60. The SMILES string of the molecule is Cc1nc(NN)c(C)c(NC2CCC(=O)NC2)n1. The van der Waals surface area contributed by atoms with Gasteiger partial charge < -0.3 is 16.1 Å². The first kappa shape index (κ1) is 12.6. The van der Waals surface area contributed by atoms with Crippen LogP contribution in [0.3, 0.4) is 0 Å². The molecule has 0 radical (unpaired) electrons. The molecule has 7 nitrogen and oxygen atoms in total. The van der Waals surface area contributed by atoms with E-state index in [1.807, 2.05) is 13.8 Å². The van der Waals surface area contributed by atoms with E-state index < -0.39 is 0 Å². The number of nitrogens with zero attached hydrogens (tertiary/aromatic N) is 2. The Morgan fingerprint density at radius 2 is 2.06 bits per heavy atom. The molecule has 1 saturated heterocycles. The largest absolute Gasteiger partial charge is 0.365 e. The molecule has 7 heteroatoms. The predicted molar refractivity (Wildman–Crippen MR) is 69.0 cm³/mol. The number of hydrogen-bond donors (Lipinski definition) is 4. The number of nitrogens with two attached hydrogens (primary N) is 1. The van der Waals surface area contributed by atoms with Crippen molar-refractivity contribution in [1.82, 2.24) is 15.3 Å². The van der Waals surface area contributed by atoms with E-state index in [9.17, 15) is 4.79 Å². The van der Waals surface area contributed by atoms with Crippen LogP contribution < -0.4 is 21.9 Å². The van der Waals surface area contributed by atoms with E-state index in [4.69, 9.17) is 5.84 Å². The molecule has 1 aliphatic rings. The smallest absolute Gasteiger partial charge is 0.220 e. The lowest BCUT2D eigenvalue weighted by Crippen LogP contribution is -2.42. The number of amides is 1. The number of hydrogen-bond acceptors (Lipinski definition) is 6. The highest BCUT2D eigenvalue weighted by Gasteiger charge is 2.19. The Kier molecular flexibility index (Phi) is 3.61. The van der Waals surface area contributed by atoms with Crippen molar-refractivity contribution >= 4 is 17.5 Å². The Morgan fingerprint density at radius 3 is 2.67 bits per heavy atom. The standard InChI is InChI=1S/C11H18N6O/c1-6-10(14-7(2)15-11(6)17-12)16-8-3-4-9(18)13-5-8/h8H,3-5,12H2,1-2H3,(H,13,18)(H2,14,15,16,17). The fraction of sp³-hybridized carbons (Fsp3) is 0.545. The molecule has 1 atom stereocenters. The summed E-state index contributed by atoms with van der Waals surface area (Å²) in [5, 5.41) is 6.15.